The van der Waals surface area contributed by atoms with Crippen LogP contribution in [-0.2, 0) is 6.18 Å². The number of aromatic nitrogens is 4. The number of rotatable bonds is 3. The number of nitrogens with one attached hydrogen (secondary N) is 1. The Kier molecular flexibility index (Phi) is 3.51. The Bertz CT molecular complexity index is 861. The van der Waals surface area contributed by atoms with Crippen LogP contribution in [0.4, 0.5) is 29.1 Å². The lowest BCUT2D eigenvalue weighted by Gasteiger charge is -2.09. The first-order chi connectivity index (χ1) is 10.9. The van der Waals surface area contributed by atoms with E-state index in [9.17, 15) is 17.6 Å². The molecule has 0 aliphatic carbocycles. The normalized spacial score (nSPS) is 11.7. The molecule has 0 bridgehead atoms. The summed E-state index contributed by atoms with van der Waals surface area (Å²) < 4.78 is 57.4. The van der Waals surface area contributed by atoms with Gasteiger partial charge in [-0.1, -0.05) is 0 Å². The minimum atomic E-state index is -4.69. The Morgan fingerprint density at radius 1 is 1.13 bits per heavy atom. The lowest BCUT2D eigenvalue weighted by Crippen LogP contribution is -2.13. The molecule has 2 aromatic heterocycles. The molecular weight excluding hydrogens is 318 g/mol. The molecule has 0 spiro atoms. The predicted molar refractivity (Wildman–Crippen MR) is 72.0 cm³/mol. The number of alkyl halides is 3. The lowest BCUT2D eigenvalue weighted by atomic mass is 10.3. The van der Waals surface area contributed by atoms with Crippen LogP contribution in [0.25, 0.3) is 5.65 Å². The second-order valence-electron chi connectivity index (χ2n) is 4.51. The van der Waals surface area contributed by atoms with Gasteiger partial charge in [0, 0.05) is 17.8 Å². The minimum absolute atomic E-state index is 0.0558. The first kappa shape index (κ1) is 15.0. The Labute approximate surface area is 126 Å². The average molecular weight is 327 g/mol. The quantitative estimate of drug-likeness (QED) is 0.749. The maximum Gasteiger partial charge on any atom is 0.453 e. The lowest BCUT2D eigenvalue weighted by molar-refractivity contribution is -0.146. The summed E-state index contributed by atoms with van der Waals surface area (Å²) in [6.07, 6.45) is -4.69. The van der Waals surface area contributed by atoms with Gasteiger partial charge < -0.3 is 10.1 Å². The van der Waals surface area contributed by atoms with E-state index in [0.29, 0.717) is 4.52 Å². The van der Waals surface area contributed by atoms with E-state index in [4.69, 9.17) is 4.74 Å². The largest absolute Gasteiger partial charge is 0.497 e. The highest BCUT2D eigenvalue weighted by Crippen LogP contribution is 2.28. The van der Waals surface area contributed by atoms with Crippen molar-refractivity contribution in [2.75, 3.05) is 12.4 Å². The minimum Gasteiger partial charge on any atom is -0.497 e. The van der Waals surface area contributed by atoms with Crippen LogP contribution in [0.15, 0.2) is 30.3 Å². The van der Waals surface area contributed by atoms with Crippen molar-refractivity contribution in [3.8, 4) is 5.75 Å². The topological polar surface area (TPSA) is 64.3 Å². The van der Waals surface area contributed by atoms with Gasteiger partial charge in [0.25, 0.3) is 5.82 Å². The highest BCUT2D eigenvalue weighted by atomic mass is 19.4. The van der Waals surface area contributed by atoms with E-state index in [0.717, 1.165) is 6.07 Å². The zero-order valence-corrected chi connectivity index (χ0v) is 11.6. The van der Waals surface area contributed by atoms with Gasteiger partial charge in [-0.05, 0) is 18.2 Å². The van der Waals surface area contributed by atoms with Gasteiger partial charge in [0.15, 0.2) is 11.5 Å². The van der Waals surface area contributed by atoms with Crippen LogP contribution < -0.4 is 10.1 Å². The van der Waals surface area contributed by atoms with Gasteiger partial charge in [-0.15, -0.1) is 15.3 Å². The molecule has 23 heavy (non-hydrogen) atoms. The van der Waals surface area contributed by atoms with Crippen molar-refractivity contribution in [1.82, 2.24) is 19.8 Å². The maximum absolute atomic E-state index is 13.4. The van der Waals surface area contributed by atoms with E-state index in [1.807, 2.05) is 0 Å². The molecule has 1 N–H and O–H groups in total. The first-order valence-electron chi connectivity index (χ1n) is 6.28. The van der Waals surface area contributed by atoms with Crippen LogP contribution in [0.3, 0.4) is 0 Å². The molecule has 3 aromatic rings. The molecular formula is C13H9F4N5O. The third-order valence-corrected chi connectivity index (χ3v) is 2.90. The van der Waals surface area contributed by atoms with E-state index in [2.05, 4.69) is 20.6 Å². The molecule has 3 rings (SSSR count). The van der Waals surface area contributed by atoms with Gasteiger partial charge in [0.2, 0.25) is 0 Å². The second-order valence-corrected chi connectivity index (χ2v) is 4.51. The van der Waals surface area contributed by atoms with Crippen LogP contribution in [0.1, 0.15) is 5.82 Å². The molecule has 2 heterocycles. The van der Waals surface area contributed by atoms with E-state index >= 15 is 0 Å². The number of hydrogen-bond acceptors (Lipinski definition) is 5. The highest BCUT2D eigenvalue weighted by molar-refractivity contribution is 5.59. The number of ether oxygens (including phenoxy) is 1. The standard InChI is InChI=1S/C13H9F4N5O/c1-23-9-5-7(14)4-8(6-9)18-10-2-3-11-19-20-12(13(15,16)17)22(11)21-10/h2-6H,1H3,(H,18,21). The summed E-state index contributed by atoms with van der Waals surface area (Å²) in [5.41, 5.74) is 0.218. The molecule has 0 amide bonds. The summed E-state index contributed by atoms with van der Waals surface area (Å²) >= 11 is 0. The molecule has 0 fully saturated rings. The van der Waals surface area contributed by atoms with Crippen LogP contribution >= 0.6 is 0 Å². The number of hydrogen-bond donors (Lipinski definition) is 1. The van der Waals surface area contributed by atoms with Crippen molar-refractivity contribution >= 4 is 17.2 Å². The molecule has 120 valence electrons. The van der Waals surface area contributed by atoms with Gasteiger partial charge >= 0.3 is 6.18 Å². The number of fused-ring (bicyclic) bond motifs is 1. The van der Waals surface area contributed by atoms with Crippen LogP contribution in [0, 0.1) is 5.82 Å². The summed E-state index contributed by atoms with van der Waals surface area (Å²) in [4.78, 5) is 0. The summed E-state index contributed by atoms with van der Waals surface area (Å²) in [6.45, 7) is 0. The molecule has 0 radical (unpaired) electrons. The fraction of sp³-hybridized carbons (Fsp3) is 0.154. The van der Waals surface area contributed by atoms with Gasteiger partial charge in [-0.2, -0.15) is 17.7 Å². The molecule has 0 aliphatic heterocycles. The van der Waals surface area contributed by atoms with Crippen LogP contribution in [0.5, 0.6) is 5.75 Å². The Morgan fingerprint density at radius 2 is 1.91 bits per heavy atom. The van der Waals surface area contributed by atoms with E-state index < -0.39 is 17.8 Å². The van der Waals surface area contributed by atoms with Gasteiger partial charge in [0.1, 0.15) is 11.6 Å². The molecule has 1 aromatic carbocycles. The Balaban J connectivity index is 1.99. The molecule has 0 unspecified atom stereocenters. The smallest absolute Gasteiger partial charge is 0.453 e. The molecule has 6 nitrogen and oxygen atoms in total. The molecule has 0 atom stereocenters. The average Bonchev–Trinajstić information content (AvgIpc) is 2.89. The number of methoxy groups -OCH3 is 1. The van der Waals surface area contributed by atoms with E-state index in [1.54, 1.807) is 0 Å². The molecule has 0 saturated carbocycles. The second kappa shape index (κ2) is 5.38. The Morgan fingerprint density at radius 3 is 2.61 bits per heavy atom. The van der Waals surface area contributed by atoms with Crippen molar-refractivity contribution in [2.24, 2.45) is 0 Å². The van der Waals surface area contributed by atoms with E-state index in [-0.39, 0.29) is 22.9 Å². The van der Waals surface area contributed by atoms with Crippen LogP contribution in [-0.4, -0.2) is 26.9 Å². The van der Waals surface area contributed by atoms with Crippen molar-refractivity contribution in [3.63, 3.8) is 0 Å². The summed E-state index contributed by atoms with van der Waals surface area (Å²) in [6, 6.07) is 6.52. The third kappa shape index (κ3) is 3.00. The van der Waals surface area contributed by atoms with Gasteiger partial charge in [-0.25, -0.2) is 4.39 Å². The van der Waals surface area contributed by atoms with Crippen molar-refractivity contribution in [2.45, 2.75) is 6.18 Å². The number of anilines is 2. The fourth-order valence-corrected chi connectivity index (χ4v) is 1.93. The van der Waals surface area contributed by atoms with Crippen molar-refractivity contribution in [1.29, 1.82) is 0 Å². The molecule has 0 aliphatic rings. The molecule has 0 saturated heterocycles. The summed E-state index contributed by atoms with van der Waals surface area (Å²) in [5.74, 6) is -1.48. The third-order valence-electron chi connectivity index (χ3n) is 2.90. The van der Waals surface area contributed by atoms with Gasteiger partial charge in [0.05, 0.1) is 7.11 Å². The van der Waals surface area contributed by atoms with Crippen LogP contribution in [0.2, 0.25) is 0 Å². The van der Waals surface area contributed by atoms with Crippen molar-refractivity contribution < 1.29 is 22.3 Å². The Hall–Kier alpha value is -2.91. The SMILES string of the molecule is COc1cc(F)cc(Nc2ccc3nnc(C(F)(F)F)n3n2)c1. The monoisotopic (exact) mass is 327 g/mol. The number of halogens is 4. The molecule has 10 heteroatoms. The summed E-state index contributed by atoms with van der Waals surface area (Å²) in [5, 5.41) is 13.0. The zero-order chi connectivity index (χ0) is 16.6. The van der Waals surface area contributed by atoms with Crippen molar-refractivity contribution in [3.05, 3.63) is 42.0 Å². The fourth-order valence-electron chi connectivity index (χ4n) is 1.93. The number of nitrogens with zero attached hydrogens (tertiary/aromatic N) is 4. The van der Waals surface area contributed by atoms with E-state index in [1.165, 1.54) is 31.4 Å². The highest BCUT2D eigenvalue weighted by Gasteiger charge is 2.37. The maximum atomic E-state index is 13.4. The number of benzene rings is 1. The first-order valence-corrected chi connectivity index (χ1v) is 6.28. The summed E-state index contributed by atoms with van der Waals surface area (Å²) in [7, 11) is 1.37. The van der Waals surface area contributed by atoms with Gasteiger partial charge in [-0.3, -0.25) is 0 Å². The predicted octanol–water partition coefficient (Wildman–Crippen LogP) is 3.03. The zero-order valence-electron chi connectivity index (χ0n) is 11.6.